The maximum absolute atomic E-state index is 12.9. The largest absolute Gasteiger partial charge is 0.471 e. The number of aliphatic hydroxyl groups is 1. The Bertz CT molecular complexity index is 812. The van der Waals surface area contributed by atoms with E-state index in [1.807, 2.05) is 0 Å². The number of hydrogen-bond acceptors (Lipinski definition) is 5. The van der Waals surface area contributed by atoms with Gasteiger partial charge in [0.25, 0.3) is 0 Å². The Hall–Kier alpha value is -2.14. The normalized spacial score (nSPS) is 17.8. The van der Waals surface area contributed by atoms with Crippen molar-refractivity contribution < 1.29 is 36.0 Å². The van der Waals surface area contributed by atoms with E-state index in [0.717, 1.165) is 4.90 Å². The smallest absolute Gasteiger partial charge is 0.378 e. The van der Waals surface area contributed by atoms with E-state index in [1.54, 1.807) is 6.92 Å². The van der Waals surface area contributed by atoms with Gasteiger partial charge >= 0.3 is 18.2 Å². The van der Waals surface area contributed by atoms with Crippen LogP contribution in [0.5, 0.6) is 0 Å². The zero-order valence-corrected chi connectivity index (χ0v) is 14.7. The molecule has 28 heavy (non-hydrogen) atoms. The van der Waals surface area contributed by atoms with Crippen LogP contribution in [0, 0.1) is 5.41 Å². The standard InChI is InChI=1S/C17H17F6N3O2/c1-15(6-7-15)14(27)26(9-16(18,19)20)8-10-2-4-11(5-3-10)12-24-13(28-25-12)17(21,22)23/h2-5,14,27H,6-9H2,1H3. The molecule has 1 atom stereocenters. The molecule has 1 saturated carbocycles. The van der Waals surface area contributed by atoms with Crippen LogP contribution in [0.15, 0.2) is 28.8 Å². The number of alkyl halides is 6. The summed E-state index contributed by atoms with van der Waals surface area (Å²) in [5, 5.41) is 13.6. The molecule has 154 valence electrons. The minimum absolute atomic E-state index is 0.170. The highest BCUT2D eigenvalue weighted by Gasteiger charge is 2.48. The van der Waals surface area contributed by atoms with Gasteiger partial charge in [0.2, 0.25) is 5.82 Å². The predicted molar refractivity (Wildman–Crippen MR) is 84.5 cm³/mol. The number of halogens is 6. The molecule has 5 nitrogen and oxygen atoms in total. The van der Waals surface area contributed by atoms with Crippen molar-refractivity contribution in [3.05, 3.63) is 35.7 Å². The third kappa shape index (κ3) is 4.82. The SMILES string of the molecule is CC1(C(O)N(Cc2ccc(-c3noc(C(F)(F)F)n3)cc2)CC(F)(F)F)CC1. The highest BCUT2D eigenvalue weighted by atomic mass is 19.4. The first-order valence-electron chi connectivity index (χ1n) is 8.36. The second-order valence-corrected chi connectivity index (χ2v) is 7.17. The number of rotatable bonds is 6. The van der Waals surface area contributed by atoms with E-state index in [9.17, 15) is 31.4 Å². The molecule has 11 heteroatoms. The molecule has 1 aromatic carbocycles. The molecule has 0 bridgehead atoms. The summed E-state index contributed by atoms with van der Waals surface area (Å²) in [7, 11) is 0. The molecule has 1 unspecified atom stereocenters. The molecule has 1 heterocycles. The average Bonchev–Trinajstić information content (AvgIpc) is 3.13. The topological polar surface area (TPSA) is 62.4 Å². The fourth-order valence-corrected chi connectivity index (χ4v) is 2.80. The van der Waals surface area contributed by atoms with Crippen LogP contribution in [-0.4, -0.2) is 39.1 Å². The molecule has 0 aliphatic heterocycles. The maximum atomic E-state index is 12.9. The van der Waals surface area contributed by atoms with Gasteiger partial charge in [-0.05, 0) is 18.4 Å². The Morgan fingerprint density at radius 3 is 2.21 bits per heavy atom. The van der Waals surface area contributed by atoms with E-state index < -0.39 is 36.4 Å². The highest BCUT2D eigenvalue weighted by molar-refractivity contribution is 5.54. The zero-order chi connectivity index (χ0) is 20.7. The number of benzene rings is 1. The van der Waals surface area contributed by atoms with Gasteiger partial charge < -0.3 is 9.63 Å². The molecule has 0 radical (unpaired) electrons. The van der Waals surface area contributed by atoms with Crippen molar-refractivity contribution in [3.8, 4) is 11.4 Å². The van der Waals surface area contributed by atoms with Crippen LogP contribution in [0.2, 0.25) is 0 Å². The fourth-order valence-electron chi connectivity index (χ4n) is 2.80. The van der Waals surface area contributed by atoms with E-state index in [-0.39, 0.29) is 17.9 Å². The lowest BCUT2D eigenvalue weighted by Crippen LogP contribution is -2.45. The second kappa shape index (κ2) is 7.03. The average molecular weight is 409 g/mol. The van der Waals surface area contributed by atoms with Crippen molar-refractivity contribution in [3.63, 3.8) is 0 Å². The summed E-state index contributed by atoms with van der Waals surface area (Å²) in [6.07, 6.45) is -9.22. The summed E-state index contributed by atoms with van der Waals surface area (Å²) in [4.78, 5) is 4.20. The summed E-state index contributed by atoms with van der Waals surface area (Å²) >= 11 is 0. The molecule has 0 saturated heterocycles. The Morgan fingerprint density at radius 1 is 1.14 bits per heavy atom. The summed E-state index contributed by atoms with van der Waals surface area (Å²) in [6, 6.07) is 5.67. The summed E-state index contributed by atoms with van der Waals surface area (Å²) < 4.78 is 80.4. The lowest BCUT2D eigenvalue weighted by atomic mass is 10.1. The minimum Gasteiger partial charge on any atom is -0.378 e. The van der Waals surface area contributed by atoms with E-state index in [4.69, 9.17) is 0 Å². The molecule has 1 aliphatic carbocycles. The third-order valence-electron chi connectivity index (χ3n) is 4.66. The van der Waals surface area contributed by atoms with Gasteiger partial charge in [0.05, 0.1) is 6.54 Å². The zero-order valence-electron chi connectivity index (χ0n) is 14.7. The number of aliphatic hydroxyl groups excluding tert-OH is 1. The molecular formula is C17H17F6N3O2. The first-order valence-corrected chi connectivity index (χ1v) is 8.36. The van der Waals surface area contributed by atoms with Crippen LogP contribution < -0.4 is 0 Å². The lowest BCUT2D eigenvalue weighted by molar-refractivity contribution is -0.177. The molecule has 0 spiro atoms. The first-order chi connectivity index (χ1) is 12.9. The van der Waals surface area contributed by atoms with Crippen molar-refractivity contribution >= 4 is 0 Å². The van der Waals surface area contributed by atoms with Gasteiger partial charge in [0.15, 0.2) is 0 Å². The van der Waals surface area contributed by atoms with Crippen molar-refractivity contribution in [2.75, 3.05) is 6.54 Å². The fraction of sp³-hybridized carbons (Fsp3) is 0.529. The van der Waals surface area contributed by atoms with Crippen LogP contribution in [0.1, 0.15) is 31.2 Å². The van der Waals surface area contributed by atoms with Crippen molar-refractivity contribution in [2.24, 2.45) is 5.41 Å². The maximum Gasteiger partial charge on any atom is 0.471 e. The Kier molecular flexibility index (Phi) is 5.17. The highest BCUT2D eigenvalue weighted by Crippen LogP contribution is 2.49. The molecular weight excluding hydrogens is 392 g/mol. The van der Waals surface area contributed by atoms with Gasteiger partial charge in [-0.1, -0.05) is 36.3 Å². The van der Waals surface area contributed by atoms with Crippen LogP contribution in [0.4, 0.5) is 26.3 Å². The van der Waals surface area contributed by atoms with E-state index in [2.05, 4.69) is 14.7 Å². The van der Waals surface area contributed by atoms with Gasteiger partial charge in [0.1, 0.15) is 6.23 Å². The van der Waals surface area contributed by atoms with Crippen molar-refractivity contribution in [2.45, 2.75) is 44.9 Å². The van der Waals surface area contributed by atoms with Crippen LogP contribution >= 0.6 is 0 Å². The van der Waals surface area contributed by atoms with Crippen LogP contribution in [-0.2, 0) is 12.7 Å². The van der Waals surface area contributed by atoms with Crippen LogP contribution in [0.3, 0.4) is 0 Å². The number of nitrogens with zero attached hydrogens (tertiary/aromatic N) is 3. The quantitative estimate of drug-likeness (QED) is 0.571. The molecule has 1 N–H and O–H groups in total. The second-order valence-electron chi connectivity index (χ2n) is 7.17. The Morgan fingerprint density at radius 2 is 1.75 bits per heavy atom. The predicted octanol–water partition coefficient (Wildman–Crippen LogP) is 4.24. The van der Waals surface area contributed by atoms with Crippen molar-refractivity contribution in [1.29, 1.82) is 0 Å². The molecule has 1 aliphatic rings. The monoisotopic (exact) mass is 409 g/mol. The Balaban J connectivity index is 1.75. The third-order valence-corrected chi connectivity index (χ3v) is 4.66. The van der Waals surface area contributed by atoms with Gasteiger partial charge in [-0.15, -0.1) is 0 Å². The summed E-state index contributed by atoms with van der Waals surface area (Å²) in [5.41, 5.74) is 0.111. The number of aromatic nitrogens is 2. The minimum atomic E-state index is -4.77. The molecule has 0 amide bonds. The summed E-state index contributed by atoms with van der Waals surface area (Å²) in [6.45, 7) is 0.278. The van der Waals surface area contributed by atoms with Gasteiger partial charge in [0, 0.05) is 17.5 Å². The Labute approximate surface area is 155 Å². The molecule has 2 aromatic rings. The first kappa shape index (κ1) is 20.6. The molecule has 1 aromatic heterocycles. The summed E-state index contributed by atoms with van der Waals surface area (Å²) in [5.74, 6) is -1.76. The van der Waals surface area contributed by atoms with E-state index >= 15 is 0 Å². The van der Waals surface area contributed by atoms with Crippen molar-refractivity contribution in [1.82, 2.24) is 15.0 Å². The van der Waals surface area contributed by atoms with Gasteiger partial charge in [-0.2, -0.15) is 31.3 Å². The lowest BCUT2D eigenvalue weighted by Gasteiger charge is -2.32. The molecule has 1 fully saturated rings. The van der Waals surface area contributed by atoms with E-state index in [1.165, 1.54) is 24.3 Å². The van der Waals surface area contributed by atoms with Crippen LogP contribution in [0.25, 0.3) is 11.4 Å². The number of hydrogen-bond donors (Lipinski definition) is 1. The molecule has 3 rings (SSSR count). The van der Waals surface area contributed by atoms with Gasteiger partial charge in [-0.25, -0.2) is 0 Å². The van der Waals surface area contributed by atoms with Gasteiger partial charge in [-0.3, -0.25) is 4.90 Å². The van der Waals surface area contributed by atoms with E-state index in [0.29, 0.717) is 18.4 Å².